The van der Waals surface area contributed by atoms with Crippen molar-refractivity contribution >= 4 is 5.82 Å². The summed E-state index contributed by atoms with van der Waals surface area (Å²) in [5.74, 6) is 1.80. The Balaban J connectivity index is 2.35. The molecule has 0 spiro atoms. The average molecular weight is 286 g/mol. The van der Waals surface area contributed by atoms with Crippen LogP contribution in [0.15, 0.2) is 30.3 Å². The summed E-state index contributed by atoms with van der Waals surface area (Å²) in [6.07, 6.45) is 0. The first-order valence-electron chi connectivity index (χ1n) is 7.52. The monoisotopic (exact) mass is 286 g/mol. The SMILES string of the molecule is Cc1nn(-c2ccccc2)c(N(C)C)c1CNCC(C)C. The first kappa shape index (κ1) is 15.6. The fraction of sp³-hybridized carbons (Fsp3) is 0.471. The molecule has 2 rings (SSSR count). The van der Waals surface area contributed by atoms with Crippen molar-refractivity contribution in [1.82, 2.24) is 15.1 Å². The van der Waals surface area contributed by atoms with Crippen molar-refractivity contribution in [2.24, 2.45) is 5.92 Å². The van der Waals surface area contributed by atoms with Crippen LogP contribution in [0.3, 0.4) is 0 Å². The average Bonchev–Trinajstić information content (AvgIpc) is 2.77. The Bertz CT molecular complexity index is 570. The van der Waals surface area contributed by atoms with Gasteiger partial charge in [-0.2, -0.15) is 5.10 Å². The Labute approximate surface area is 127 Å². The summed E-state index contributed by atoms with van der Waals surface area (Å²) < 4.78 is 2.03. The van der Waals surface area contributed by atoms with E-state index in [1.165, 1.54) is 5.56 Å². The third-order valence-corrected chi connectivity index (χ3v) is 3.44. The van der Waals surface area contributed by atoms with Gasteiger partial charge in [-0.3, -0.25) is 0 Å². The van der Waals surface area contributed by atoms with Crippen molar-refractivity contribution < 1.29 is 0 Å². The Kier molecular flexibility index (Phi) is 5.02. The normalized spacial score (nSPS) is 11.1. The van der Waals surface area contributed by atoms with Crippen LogP contribution < -0.4 is 10.2 Å². The van der Waals surface area contributed by atoms with Crippen molar-refractivity contribution in [1.29, 1.82) is 0 Å². The molecule has 0 fully saturated rings. The number of rotatable bonds is 6. The van der Waals surface area contributed by atoms with Crippen LogP contribution in [0, 0.1) is 12.8 Å². The van der Waals surface area contributed by atoms with E-state index in [4.69, 9.17) is 5.10 Å². The zero-order chi connectivity index (χ0) is 15.4. The Morgan fingerprint density at radius 2 is 1.86 bits per heavy atom. The van der Waals surface area contributed by atoms with Gasteiger partial charge < -0.3 is 10.2 Å². The van der Waals surface area contributed by atoms with Gasteiger partial charge in [0.1, 0.15) is 5.82 Å². The van der Waals surface area contributed by atoms with E-state index in [0.717, 1.165) is 30.3 Å². The van der Waals surface area contributed by atoms with Crippen LogP contribution in [0.2, 0.25) is 0 Å². The lowest BCUT2D eigenvalue weighted by Crippen LogP contribution is -2.22. The van der Waals surface area contributed by atoms with Gasteiger partial charge in [0.15, 0.2) is 0 Å². The molecular formula is C17H26N4. The van der Waals surface area contributed by atoms with Gasteiger partial charge in [-0.15, -0.1) is 0 Å². The molecule has 1 aromatic heterocycles. The Morgan fingerprint density at radius 3 is 2.43 bits per heavy atom. The minimum atomic E-state index is 0.650. The molecular weight excluding hydrogens is 260 g/mol. The maximum Gasteiger partial charge on any atom is 0.136 e. The second-order valence-electron chi connectivity index (χ2n) is 6.05. The first-order valence-corrected chi connectivity index (χ1v) is 7.52. The molecule has 0 aliphatic rings. The fourth-order valence-electron chi connectivity index (χ4n) is 2.45. The van der Waals surface area contributed by atoms with E-state index in [2.05, 4.69) is 57.2 Å². The highest BCUT2D eigenvalue weighted by atomic mass is 15.4. The van der Waals surface area contributed by atoms with Crippen LogP contribution in [0.5, 0.6) is 0 Å². The summed E-state index contributed by atoms with van der Waals surface area (Å²) in [4.78, 5) is 2.14. The molecule has 0 radical (unpaired) electrons. The number of aromatic nitrogens is 2. The maximum absolute atomic E-state index is 4.73. The second kappa shape index (κ2) is 6.76. The van der Waals surface area contributed by atoms with Gasteiger partial charge in [0.2, 0.25) is 0 Å². The van der Waals surface area contributed by atoms with Crippen molar-refractivity contribution in [3.05, 3.63) is 41.6 Å². The predicted molar refractivity (Wildman–Crippen MR) is 89.2 cm³/mol. The standard InChI is InChI=1S/C17H26N4/c1-13(2)11-18-12-16-14(3)19-21(17(16)20(4)5)15-9-7-6-8-10-15/h6-10,13,18H,11-12H2,1-5H3. The van der Waals surface area contributed by atoms with E-state index in [1.54, 1.807) is 0 Å². The highest BCUT2D eigenvalue weighted by Gasteiger charge is 2.17. The number of para-hydroxylation sites is 1. The lowest BCUT2D eigenvalue weighted by Gasteiger charge is -2.18. The number of nitrogens with zero attached hydrogens (tertiary/aromatic N) is 3. The van der Waals surface area contributed by atoms with E-state index in [1.807, 2.05) is 22.9 Å². The molecule has 4 nitrogen and oxygen atoms in total. The zero-order valence-electron chi connectivity index (χ0n) is 13.7. The third kappa shape index (κ3) is 3.64. The maximum atomic E-state index is 4.73. The van der Waals surface area contributed by atoms with Crippen LogP contribution >= 0.6 is 0 Å². The molecule has 0 unspecified atom stereocenters. The molecule has 0 aliphatic heterocycles. The van der Waals surface area contributed by atoms with Gasteiger partial charge in [-0.25, -0.2) is 4.68 Å². The van der Waals surface area contributed by atoms with Gasteiger partial charge in [0.25, 0.3) is 0 Å². The highest BCUT2D eigenvalue weighted by Crippen LogP contribution is 2.25. The van der Waals surface area contributed by atoms with Gasteiger partial charge in [0, 0.05) is 26.2 Å². The van der Waals surface area contributed by atoms with Crippen molar-refractivity contribution in [3.63, 3.8) is 0 Å². The minimum Gasteiger partial charge on any atom is -0.362 e. The molecule has 0 saturated heterocycles. The van der Waals surface area contributed by atoms with Crippen LogP contribution in [-0.4, -0.2) is 30.4 Å². The van der Waals surface area contributed by atoms with Gasteiger partial charge in [0.05, 0.1) is 11.4 Å². The molecule has 21 heavy (non-hydrogen) atoms. The second-order valence-corrected chi connectivity index (χ2v) is 6.05. The molecule has 0 amide bonds. The van der Waals surface area contributed by atoms with Crippen LogP contribution in [0.25, 0.3) is 5.69 Å². The molecule has 4 heteroatoms. The smallest absolute Gasteiger partial charge is 0.136 e. The quantitative estimate of drug-likeness (QED) is 0.886. The van der Waals surface area contributed by atoms with Crippen molar-refractivity contribution in [2.45, 2.75) is 27.3 Å². The largest absolute Gasteiger partial charge is 0.362 e. The summed E-state index contributed by atoms with van der Waals surface area (Å²) in [5, 5.41) is 8.26. The number of anilines is 1. The number of benzene rings is 1. The number of nitrogens with one attached hydrogen (secondary N) is 1. The molecule has 114 valence electrons. The van der Waals surface area contributed by atoms with E-state index < -0.39 is 0 Å². The van der Waals surface area contributed by atoms with E-state index in [-0.39, 0.29) is 0 Å². The molecule has 1 N–H and O–H groups in total. The fourth-order valence-corrected chi connectivity index (χ4v) is 2.45. The number of hydrogen-bond acceptors (Lipinski definition) is 3. The highest BCUT2D eigenvalue weighted by molar-refractivity contribution is 5.54. The minimum absolute atomic E-state index is 0.650. The third-order valence-electron chi connectivity index (χ3n) is 3.44. The summed E-state index contributed by atoms with van der Waals surface area (Å²) >= 11 is 0. The summed E-state index contributed by atoms with van der Waals surface area (Å²) in [6.45, 7) is 8.40. The molecule has 0 saturated carbocycles. The topological polar surface area (TPSA) is 33.1 Å². The molecule has 1 aromatic carbocycles. The summed E-state index contributed by atoms with van der Waals surface area (Å²) in [6, 6.07) is 10.3. The number of hydrogen-bond donors (Lipinski definition) is 1. The van der Waals surface area contributed by atoms with Gasteiger partial charge in [-0.1, -0.05) is 32.0 Å². The van der Waals surface area contributed by atoms with Crippen molar-refractivity contribution in [2.75, 3.05) is 25.5 Å². The predicted octanol–water partition coefficient (Wildman–Crippen LogP) is 2.99. The lowest BCUT2D eigenvalue weighted by molar-refractivity contribution is 0.551. The van der Waals surface area contributed by atoms with Gasteiger partial charge in [-0.05, 0) is 31.5 Å². The number of aryl methyl sites for hydroxylation is 1. The first-order chi connectivity index (χ1) is 10.0. The van der Waals surface area contributed by atoms with Crippen LogP contribution in [-0.2, 0) is 6.54 Å². The molecule has 1 heterocycles. The van der Waals surface area contributed by atoms with Crippen molar-refractivity contribution in [3.8, 4) is 5.69 Å². The molecule has 0 atom stereocenters. The summed E-state index contributed by atoms with van der Waals surface area (Å²) in [7, 11) is 4.14. The zero-order valence-corrected chi connectivity index (χ0v) is 13.7. The molecule has 0 aliphatic carbocycles. The summed E-state index contributed by atoms with van der Waals surface area (Å²) in [5.41, 5.74) is 3.45. The Morgan fingerprint density at radius 1 is 1.19 bits per heavy atom. The van der Waals surface area contributed by atoms with E-state index >= 15 is 0 Å². The van der Waals surface area contributed by atoms with E-state index in [0.29, 0.717) is 5.92 Å². The van der Waals surface area contributed by atoms with Crippen LogP contribution in [0.4, 0.5) is 5.82 Å². The molecule has 2 aromatic rings. The Hall–Kier alpha value is -1.81. The van der Waals surface area contributed by atoms with E-state index in [9.17, 15) is 0 Å². The van der Waals surface area contributed by atoms with Gasteiger partial charge >= 0.3 is 0 Å². The lowest BCUT2D eigenvalue weighted by atomic mass is 10.2. The van der Waals surface area contributed by atoms with Crippen LogP contribution in [0.1, 0.15) is 25.1 Å². The molecule has 0 bridgehead atoms.